The van der Waals surface area contributed by atoms with Gasteiger partial charge < -0.3 is 4.90 Å². The summed E-state index contributed by atoms with van der Waals surface area (Å²) in [7, 11) is 0. The van der Waals surface area contributed by atoms with Gasteiger partial charge in [-0.2, -0.15) is 0 Å². The molecule has 1 saturated heterocycles. The van der Waals surface area contributed by atoms with Gasteiger partial charge in [-0.05, 0) is 30.3 Å². The van der Waals surface area contributed by atoms with E-state index in [1.165, 1.54) is 4.70 Å². The van der Waals surface area contributed by atoms with Crippen molar-refractivity contribution in [2.75, 3.05) is 26.2 Å². The van der Waals surface area contributed by atoms with Crippen LogP contribution in [0, 0.1) is 0 Å². The molecule has 0 atom stereocenters. The second kappa shape index (κ2) is 7.26. The average Bonchev–Trinajstić information content (AvgIpc) is 3.16. The second-order valence-electron chi connectivity index (χ2n) is 6.90. The van der Waals surface area contributed by atoms with Crippen molar-refractivity contribution in [3.8, 4) is 0 Å². The molecular weight excluding hydrogens is 370 g/mol. The molecule has 5 rings (SSSR count). The van der Waals surface area contributed by atoms with Gasteiger partial charge in [0.05, 0.1) is 27.8 Å². The zero-order valence-corrected chi connectivity index (χ0v) is 16.1. The summed E-state index contributed by atoms with van der Waals surface area (Å²) in [6, 6.07) is 13.8. The predicted molar refractivity (Wildman–Crippen MR) is 110 cm³/mol. The van der Waals surface area contributed by atoms with Crippen molar-refractivity contribution in [3.63, 3.8) is 0 Å². The van der Waals surface area contributed by atoms with Crippen LogP contribution in [0.5, 0.6) is 0 Å². The lowest BCUT2D eigenvalue weighted by Crippen LogP contribution is -2.48. The Bertz CT molecular complexity index is 1120. The summed E-state index contributed by atoms with van der Waals surface area (Å²) in [5.41, 5.74) is 3.30. The van der Waals surface area contributed by atoms with Crippen LogP contribution in [0.4, 0.5) is 0 Å². The Balaban J connectivity index is 1.24. The van der Waals surface area contributed by atoms with Gasteiger partial charge >= 0.3 is 0 Å². The molecule has 0 aliphatic carbocycles. The van der Waals surface area contributed by atoms with E-state index in [0.29, 0.717) is 5.56 Å². The fourth-order valence-corrected chi connectivity index (χ4v) is 4.58. The highest BCUT2D eigenvalue weighted by Gasteiger charge is 2.23. The maximum atomic E-state index is 12.9. The number of carbonyl (C=O) groups is 1. The van der Waals surface area contributed by atoms with Crippen molar-refractivity contribution in [2.45, 2.75) is 6.54 Å². The van der Waals surface area contributed by atoms with Crippen LogP contribution in [0.25, 0.3) is 21.3 Å². The number of thiazole rings is 1. The minimum absolute atomic E-state index is 0.0622. The van der Waals surface area contributed by atoms with Crippen LogP contribution in [-0.4, -0.2) is 56.8 Å². The normalized spacial score (nSPS) is 15.4. The highest BCUT2D eigenvalue weighted by atomic mass is 32.1. The molecule has 140 valence electrons. The smallest absolute Gasteiger partial charge is 0.254 e. The first-order chi connectivity index (χ1) is 13.8. The summed E-state index contributed by atoms with van der Waals surface area (Å²) in [6.45, 7) is 4.00. The fourth-order valence-electron chi connectivity index (χ4n) is 3.57. The molecule has 1 aliphatic heterocycles. The number of hydrogen-bond donors (Lipinski definition) is 0. The molecule has 0 radical (unpaired) electrons. The van der Waals surface area contributed by atoms with E-state index in [0.717, 1.165) is 54.3 Å². The van der Waals surface area contributed by atoms with Gasteiger partial charge in [0.1, 0.15) is 5.01 Å². The zero-order chi connectivity index (χ0) is 18.9. The largest absolute Gasteiger partial charge is 0.336 e. The first kappa shape index (κ1) is 17.2. The van der Waals surface area contributed by atoms with Crippen molar-refractivity contribution in [3.05, 3.63) is 65.4 Å². The molecule has 1 fully saturated rings. The third-order valence-electron chi connectivity index (χ3n) is 5.07. The lowest BCUT2D eigenvalue weighted by molar-refractivity contribution is 0.0628. The lowest BCUT2D eigenvalue weighted by atomic mass is 10.1. The molecule has 0 unspecified atom stereocenters. The van der Waals surface area contributed by atoms with Gasteiger partial charge in [0.2, 0.25) is 0 Å². The molecule has 3 heterocycles. The number of aromatic nitrogens is 3. The van der Waals surface area contributed by atoms with Crippen molar-refractivity contribution in [2.24, 2.45) is 0 Å². The Kier molecular flexibility index (Phi) is 4.46. The highest BCUT2D eigenvalue weighted by molar-refractivity contribution is 7.18. The monoisotopic (exact) mass is 389 g/mol. The number of piperazine rings is 1. The molecule has 1 aliphatic rings. The van der Waals surface area contributed by atoms with Gasteiger partial charge in [-0.15, -0.1) is 11.3 Å². The van der Waals surface area contributed by atoms with Crippen molar-refractivity contribution >= 4 is 38.5 Å². The van der Waals surface area contributed by atoms with Gasteiger partial charge in [-0.1, -0.05) is 12.1 Å². The first-order valence-electron chi connectivity index (χ1n) is 9.33. The molecule has 28 heavy (non-hydrogen) atoms. The van der Waals surface area contributed by atoms with Crippen molar-refractivity contribution in [1.29, 1.82) is 0 Å². The van der Waals surface area contributed by atoms with Gasteiger partial charge in [-0.3, -0.25) is 19.7 Å². The van der Waals surface area contributed by atoms with E-state index in [9.17, 15) is 4.79 Å². The van der Waals surface area contributed by atoms with Gasteiger partial charge in [0, 0.05) is 44.1 Å². The Labute approximate surface area is 166 Å². The molecular formula is C21H19N5OS. The minimum atomic E-state index is 0.0622. The average molecular weight is 389 g/mol. The quantitative estimate of drug-likeness (QED) is 0.538. The Morgan fingerprint density at radius 2 is 1.71 bits per heavy atom. The third kappa shape index (κ3) is 3.34. The fraction of sp³-hybridized carbons (Fsp3) is 0.238. The highest BCUT2D eigenvalue weighted by Crippen LogP contribution is 2.23. The number of rotatable bonds is 3. The zero-order valence-electron chi connectivity index (χ0n) is 15.3. The molecule has 0 saturated carbocycles. The Morgan fingerprint density at radius 3 is 2.54 bits per heavy atom. The number of fused-ring (bicyclic) bond motifs is 2. The number of nitrogens with zero attached hydrogens (tertiary/aromatic N) is 5. The van der Waals surface area contributed by atoms with Crippen LogP contribution < -0.4 is 0 Å². The lowest BCUT2D eigenvalue weighted by Gasteiger charge is -2.34. The van der Waals surface area contributed by atoms with E-state index in [1.807, 2.05) is 35.2 Å². The van der Waals surface area contributed by atoms with Crippen molar-refractivity contribution in [1.82, 2.24) is 24.8 Å². The number of carbonyl (C=O) groups excluding carboxylic acids is 1. The van der Waals surface area contributed by atoms with Gasteiger partial charge in [-0.25, -0.2) is 4.98 Å². The van der Waals surface area contributed by atoms with E-state index < -0.39 is 0 Å². The first-order valence-corrected chi connectivity index (χ1v) is 10.1. The maximum Gasteiger partial charge on any atom is 0.254 e. The molecule has 6 nitrogen and oxygen atoms in total. The number of hydrogen-bond acceptors (Lipinski definition) is 6. The van der Waals surface area contributed by atoms with E-state index >= 15 is 0 Å². The van der Waals surface area contributed by atoms with Crippen LogP contribution in [0.3, 0.4) is 0 Å². The standard InChI is InChI=1S/C21H19N5OS/c27-21(15-5-6-16-18(13-15)23-8-7-22-16)26-11-9-25(10-12-26)14-20-24-17-3-1-2-4-19(17)28-20/h1-8,13H,9-12,14H2. The summed E-state index contributed by atoms with van der Waals surface area (Å²) in [4.78, 5) is 30.4. The van der Waals surface area contributed by atoms with E-state index in [-0.39, 0.29) is 5.91 Å². The Hall–Kier alpha value is -2.90. The number of para-hydroxylation sites is 1. The van der Waals surface area contributed by atoms with Crippen LogP contribution in [-0.2, 0) is 6.54 Å². The molecule has 2 aromatic heterocycles. The topological polar surface area (TPSA) is 62.2 Å². The number of benzene rings is 2. The summed E-state index contributed by atoms with van der Waals surface area (Å²) in [6.07, 6.45) is 3.31. The van der Waals surface area contributed by atoms with Gasteiger partial charge in [0.15, 0.2) is 0 Å². The summed E-state index contributed by atoms with van der Waals surface area (Å²) < 4.78 is 1.23. The molecule has 0 spiro atoms. The minimum Gasteiger partial charge on any atom is -0.336 e. The van der Waals surface area contributed by atoms with E-state index in [2.05, 4.69) is 27.0 Å². The molecule has 0 N–H and O–H groups in total. The SMILES string of the molecule is O=C(c1ccc2nccnc2c1)N1CCN(Cc2nc3ccccc3s2)CC1. The van der Waals surface area contributed by atoms with Crippen LogP contribution in [0.1, 0.15) is 15.4 Å². The van der Waals surface area contributed by atoms with Crippen LogP contribution in [0.2, 0.25) is 0 Å². The number of amides is 1. The van der Waals surface area contributed by atoms with Crippen LogP contribution in [0.15, 0.2) is 54.9 Å². The molecule has 2 aromatic carbocycles. The predicted octanol–water partition coefficient (Wildman–Crippen LogP) is 3.20. The molecule has 4 aromatic rings. The molecule has 0 bridgehead atoms. The third-order valence-corrected chi connectivity index (χ3v) is 6.09. The summed E-state index contributed by atoms with van der Waals surface area (Å²) >= 11 is 1.75. The Morgan fingerprint density at radius 1 is 0.929 bits per heavy atom. The summed E-state index contributed by atoms with van der Waals surface area (Å²) in [5, 5.41) is 1.13. The van der Waals surface area contributed by atoms with Crippen molar-refractivity contribution < 1.29 is 4.79 Å². The maximum absolute atomic E-state index is 12.9. The molecule has 7 heteroatoms. The van der Waals surface area contributed by atoms with E-state index in [4.69, 9.17) is 4.98 Å². The van der Waals surface area contributed by atoms with Gasteiger partial charge in [0.25, 0.3) is 5.91 Å². The second-order valence-corrected chi connectivity index (χ2v) is 8.02. The van der Waals surface area contributed by atoms with Crippen LogP contribution >= 0.6 is 11.3 Å². The summed E-state index contributed by atoms with van der Waals surface area (Å²) in [5.74, 6) is 0.0622. The van der Waals surface area contributed by atoms with E-state index in [1.54, 1.807) is 23.7 Å². The molecule has 1 amide bonds.